The van der Waals surface area contributed by atoms with Gasteiger partial charge in [-0.15, -0.1) is 0 Å². The molecule has 1 aliphatic rings. The second kappa shape index (κ2) is 8.30. The van der Waals surface area contributed by atoms with E-state index >= 15 is 0 Å². The smallest absolute Gasteiger partial charge is 0.335 e. The summed E-state index contributed by atoms with van der Waals surface area (Å²) < 4.78 is 11.8. The zero-order valence-corrected chi connectivity index (χ0v) is 13.5. The number of aromatic carboxylic acids is 1. The lowest BCUT2D eigenvalue weighted by molar-refractivity contribution is -0.237. The second-order valence-electron chi connectivity index (χ2n) is 6.04. The first kappa shape index (κ1) is 17.0. The normalized spacial score (nSPS) is 25.1. The Bertz CT molecular complexity index is 468. The van der Waals surface area contributed by atoms with Crippen LogP contribution >= 0.6 is 0 Å². The molecule has 1 fully saturated rings. The van der Waals surface area contributed by atoms with Crippen LogP contribution in [0.25, 0.3) is 0 Å². The molecule has 0 saturated carbocycles. The third kappa shape index (κ3) is 4.55. The predicted octanol–water partition coefficient (Wildman–Crippen LogP) is 4.41. The van der Waals surface area contributed by atoms with E-state index in [1.807, 2.05) is 0 Å². The number of unbranched alkanes of at least 4 members (excludes halogenated alkanes) is 3. The molecule has 1 N–H and O–H groups in total. The summed E-state index contributed by atoms with van der Waals surface area (Å²) in [5.74, 6) is -0.469. The molecule has 1 aliphatic heterocycles. The van der Waals surface area contributed by atoms with E-state index in [0.29, 0.717) is 12.5 Å². The molecular formula is C18H26O4. The summed E-state index contributed by atoms with van der Waals surface area (Å²) in [4.78, 5) is 10.9. The number of carboxylic acid groups (broad SMARTS) is 1. The molecule has 122 valence electrons. The monoisotopic (exact) mass is 306 g/mol. The molecule has 0 bridgehead atoms. The lowest BCUT2D eigenvalue weighted by Crippen LogP contribution is -2.34. The van der Waals surface area contributed by atoms with Crippen molar-refractivity contribution in [2.24, 2.45) is 5.92 Å². The molecule has 1 aromatic carbocycles. The van der Waals surface area contributed by atoms with Gasteiger partial charge in [-0.05, 0) is 25.5 Å². The van der Waals surface area contributed by atoms with Crippen LogP contribution in [0.1, 0.15) is 68.2 Å². The van der Waals surface area contributed by atoms with Crippen molar-refractivity contribution in [1.29, 1.82) is 0 Å². The van der Waals surface area contributed by atoms with Crippen molar-refractivity contribution in [2.75, 3.05) is 6.61 Å². The van der Waals surface area contributed by atoms with Crippen LogP contribution in [0.4, 0.5) is 0 Å². The first-order valence-corrected chi connectivity index (χ1v) is 8.22. The second-order valence-corrected chi connectivity index (χ2v) is 6.04. The molecule has 1 aromatic rings. The molecule has 1 heterocycles. The number of hydrogen-bond acceptors (Lipinski definition) is 3. The first-order chi connectivity index (χ1) is 10.6. The van der Waals surface area contributed by atoms with E-state index in [1.54, 1.807) is 24.3 Å². The van der Waals surface area contributed by atoms with E-state index in [0.717, 1.165) is 12.0 Å². The van der Waals surface area contributed by atoms with Crippen LogP contribution in [-0.2, 0) is 9.47 Å². The van der Waals surface area contributed by atoms with Gasteiger partial charge in [-0.2, -0.15) is 0 Å². The maximum absolute atomic E-state index is 10.9. The standard InChI is InChI=1S/C18H26O4/c1-3-4-5-6-7-16-12-21-18(22-13(16)2)15-10-8-14(9-11-15)17(19)20/h8-11,13,16,18H,3-7,12H2,1-2H3,(H,19,20). The predicted molar refractivity (Wildman–Crippen MR) is 84.9 cm³/mol. The van der Waals surface area contributed by atoms with Gasteiger partial charge in [-0.3, -0.25) is 0 Å². The maximum Gasteiger partial charge on any atom is 0.335 e. The van der Waals surface area contributed by atoms with E-state index in [9.17, 15) is 4.79 Å². The van der Waals surface area contributed by atoms with Crippen LogP contribution in [0.2, 0.25) is 0 Å². The molecule has 4 heteroatoms. The minimum atomic E-state index is -0.919. The fourth-order valence-electron chi connectivity index (χ4n) is 2.80. The summed E-state index contributed by atoms with van der Waals surface area (Å²) in [5.41, 5.74) is 1.16. The van der Waals surface area contributed by atoms with Gasteiger partial charge in [0.05, 0.1) is 18.3 Å². The van der Waals surface area contributed by atoms with Crippen molar-refractivity contribution >= 4 is 5.97 Å². The van der Waals surface area contributed by atoms with E-state index in [4.69, 9.17) is 14.6 Å². The number of carbonyl (C=O) groups is 1. The van der Waals surface area contributed by atoms with Crippen molar-refractivity contribution in [3.8, 4) is 0 Å². The average molecular weight is 306 g/mol. The summed E-state index contributed by atoms with van der Waals surface area (Å²) in [6, 6.07) is 6.71. The van der Waals surface area contributed by atoms with Crippen molar-refractivity contribution < 1.29 is 19.4 Å². The topological polar surface area (TPSA) is 55.8 Å². The Morgan fingerprint density at radius 1 is 1.23 bits per heavy atom. The number of hydrogen-bond donors (Lipinski definition) is 1. The third-order valence-corrected chi connectivity index (χ3v) is 4.32. The molecule has 0 aromatic heterocycles. The Morgan fingerprint density at radius 3 is 2.55 bits per heavy atom. The number of rotatable bonds is 7. The fourth-order valence-corrected chi connectivity index (χ4v) is 2.80. The van der Waals surface area contributed by atoms with Gasteiger partial charge >= 0.3 is 5.97 Å². The molecule has 3 atom stereocenters. The molecule has 3 unspecified atom stereocenters. The maximum atomic E-state index is 10.9. The molecule has 1 saturated heterocycles. The molecule has 0 aliphatic carbocycles. The summed E-state index contributed by atoms with van der Waals surface area (Å²) in [6.07, 6.45) is 5.98. The van der Waals surface area contributed by atoms with Crippen LogP contribution < -0.4 is 0 Å². The Hall–Kier alpha value is -1.39. The minimum absolute atomic E-state index is 0.166. The Kier molecular flexibility index (Phi) is 6.40. The van der Waals surface area contributed by atoms with Gasteiger partial charge in [-0.25, -0.2) is 4.79 Å². The van der Waals surface area contributed by atoms with Gasteiger partial charge in [0.2, 0.25) is 0 Å². The van der Waals surface area contributed by atoms with Crippen LogP contribution in [0.3, 0.4) is 0 Å². The zero-order valence-electron chi connectivity index (χ0n) is 13.5. The highest BCUT2D eigenvalue weighted by molar-refractivity contribution is 5.87. The van der Waals surface area contributed by atoms with E-state index in [1.165, 1.54) is 25.7 Å². The van der Waals surface area contributed by atoms with Crippen molar-refractivity contribution in [3.05, 3.63) is 35.4 Å². The molecule has 2 rings (SSSR count). The van der Waals surface area contributed by atoms with Gasteiger partial charge in [0.1, 0.15) is 0 Å². The summed E-state index contributed by atoms with van der Waals surface area (Å²) in [6.45, 7) is 5.03. The lowest BCUT2D eigenvalue weighted by atomic mass is 9.95. The van der Waals surface area contributed by atoms with E-state index in [2.05, 4.69) is 13.8 Å². The molecular weight excluding hydrogens is 280 g/mol. The highest BCUT2D eigenvalue weighted by atomic mass is 16.7. The van der Waals surface area contributed by atoms with E-state index in [-0.39, 0.29) is 18.0 Å². The summed E-state index contributed by atoms with van der Waals surface area (Å²) >= 11 is 0. The molecule has 0 amide bonds. The average Bonchev–Trinajstić information content (AvgIpc) is 2.53. The van der Waals surface area contributed by atoms with Crippen LogP contribution in [0.5, 0.6) is 0 Å². The zero-order chi connectivity index (χ0) is 15.9. The van der Waals surface area contributed by atoms with Crippen LogP contribution in [0.15, 0.2) is 24.3 Å². The van der Waals surface area contributed by atoms with Gasteiger partial charge in [-0.1, -0.05) is 44.7 Å². The first-order valence-electron chi connectivity index (χ1n) is 8.22. The number of ether oxygens (including phenoxy) is 2. The quantitative estimate of drug-likeness (QED) is 0.758. The van der Waals surface area contributed by atoms with Crippen LogP contribution in [0, 0.1) is 5.92 Å². The van der Waals surface area contributed by atoms with Crippen LogP contribution in [-0.4, -0.2) is 23.8 Å². The Morgan fingerprint density at radius 2 is 1.95 bits per heavy atom. The van der Waals surface area contributed by atoms with Gasteiger partial charge in [0, 0.05) is 11.5 Å². The van der Waals surface area contributed by atoms with Crippen molar-refractivity contribution in [3.63, 3.8) is 0 Å². The molecule has 0 radical (unpaired) electrons. The molecule has 22 heavy (non-hydrogen) atoms. The summed E-state index contributed by atoms with van der Waals surface area (Å²) in [7, 11) is 0. The van der Waals surface area contributed by atoms with Crippen molar-refractivity contribution in [1.82, 2.24) is 0 Å². The lowest BCUT2D eigenvalue weighted by Gasteiger charge is -2.35. The third-order valence-electron chi connectivity index (χ3n) is 4.32. The largest absolute Gasteiger partial charge is 0.478 e. The molecule has 0 spiro atoms. The Balaban J connectivity index is 1.85. The number of benzene rings is 1. The van der Waals surface area contributed by atoms with Gasteiger partial charge in [0.25, 0.3) is 0 Å². The minimum Gasteiger partial charge on any atom is -0.478 e. The van der Waals surface area contributed by atoms with Crippen molar-refractivity contribution in [2.45, 2.75) is 58.3 Å². The fraction of sp³-hybridized carbons (Fsp3) is 0.611. The highest BCUT2D eigenvalue weighted by Crippen LogP contribution is 2.31. The van der Waals surface area contributed by atoms with Gasteiger partial charge < -0.3 is 14.6 Å². The SMILES string of the molecule is CCCCCCC1COC(c2ccc(C(=O)O)cc2)OC1C. The number of carboxylic acids is 1. The molecule has 4 nitrogen and oxygen atoms in total. The van der Waals surface area contributed by atoms with Gasteiger partial charge in [0.15, 0.2) is 6.29 Å². The Labute approximate surface area is 132 Å². The van der Waals surface area contributed by atoms with E-state index < -0.39 is 5.97 Å². The summed E-state index contributed by atoms with van der Waals surface area (Å²) in [5, 5.41) is 8.92. The highest BCUT2D eigenvalue weighted by Gasteiger charge is 2.29.